The topological polar surface area (TPSA) is 52.3 Å². The number of rotatable bonds is 15. The monoisotopic (exact) mass is 283 g/mol. The maximum absolute atomic E-state index is 10.8. The van der Waals surface area contributed by atoms with Gasteiger partial charge in [-0.1, -0.05) is 70.8 Å². The van der Waals surface area contributed by atoms with Crippen LogP contribution in [0, 0.1) is 0 Å². The Balaban J connectivity index is 2.99. The molecule has 0 rings (SSSR count). The van der Waals surface area contributed by atoms with E-state index in [4.69, 9.17) is 10.5 Å². The summed E-state index contributed by atoms with van der Waals surface area (Å²) in [7, 11) is 0. The largest absolute Gasteiger partial charge is 0.463 e. The van der Waals surface area contributed by atoms with Crippen LogP contribution in [0.3, 0.4) is 0 Å². The minimum absolute atomic E-state index is 0.309. The van der Waals surface area contributed by atoms with E-state index in [-0.39, 0.29) is 5.97 Å². The summed E-state index contributed by atoms with van der Waals surface area (Å²) in [4.78, 5) is 10.8. The maximum Gasteiger partial charge on any atom is 0.330 e. The summed E-state index contributed by atoms with van der Waals surface area (Å²) >= 11 is 0. The SMILES string of the molecule is C=CC(=O)OCCCCCCCCCCCCCCN. The summed E-state index contributed by atoms with van der Waals surface area (Å²) in [5.74, 6) is -0.309. The van der Waals surface area contributed by atoms with Crippen molar-refractivity contribution in [2.45, 2.75) is 77.0 Å². The maximum atomic E-state index is 10.8. The normalized spacial score (nSPS) is 10.4. The number of hydrogen-bond acceptors (Lipinski definition) is 3. The van der Waals surface area contributed by atoms with Crippen molar-refractivity contribution in [3.05, 3.63) is 12.7 Å². The zero-order chi connectivity index (χ0) is 14.9. The Labute approximate surface area is 125 Å². The minimum Gasteiger partial charge on any atom is -0.463 e. The zero-order valence-electron chi connectivity index (χ0n) is 13.1. The van der Waals surface area contributed by atoms with Gasteiger partial charge in [0.15, 0.2) is 0 Å². The first kappa shape index (κ1) is 19.2. The molecule has 0 bridgehead atoms. The summed E-state index contributed by atoms with van der Waals surface area (Å²) in [5.41, 5.74) is 5.46. The molecule has 3 nitrogen and oxygen atoms in total. The van der Waals surface area contributed by atoms with E-state index in [1.54, 1.807) is 0 Å². The van der Waals surface area contributed by atoms with Crippen LogP contribution in [0.4, 0.5) is 0 Å². The molecule has 0 unspecified atom stereocenters. The van der Waals surface area contributed by atoms with Crippen molar-refractivity contribution >= 4 is 5.97 Å². The van der Waals surface area contributed by atoms with Gasteiger partial charge in [-0.05, 0) is 19.4 Å². The van der Waals surface area contributed by atoms with Crippen LogP contribution >= 0.6 is 0 Å². The lowest BCUT2D eigenvalue weighted by Crippen LogP contribution is -2.01. The second-order valence-corrected chi connectivity index (χ2v) is 5.40. The van der Waals surface area contributed by atoms with Crippen LogP contribution in [0.5, 0.6) is 0 Å². The Kier molecular flexibility index (Phi) is 15.6. The fraction of sp³-hybridized carbons (Fsp3) is 0.824. The van der Waals surface area contributed by atoms with Crippen LogP contribution in [0.15, 0.2) is 12.7 Å². The molecule has 0 atom stereocenters. The van der Waals surface area contributed by atoms with E-state index in [1.807, 2.05) is 0 Å². The van der Waals surface area contributed by atoms with Crippen LogP contribution in [-0.4, -0.2) is 19.1 Å². The Morgan fingerprint density at radius 3 is 1.60 bits per heavy atom. The molecule has 0 heterocycles. The number of hydrogen-bond donors (Lipinski definition) is 1. The molecule has 0 aliphatic rings. The van der Waals surface area contributed by atoms with Crippen molar-refractivity contribution in [1.29, 1.82) is 0 Å². The van der Waals surface area contributed by atoms with Gasteiger partial charge in [-0.2, -0.15) is 0 Å². The van der Waals surface area contributed by atoms with Gasteiger partial charge in [-0.3, -0.25) is 0 Å². The van der Waals surface area contributed by atoms with Gasteiger partial charge in [-0.15, -0.1) is 0 Å². The fourth-order valence-electron chi connectivity index (χ4n) is 2.25. The van der Waals surface area contributed by atoms with Gasteiger partial charge in [0.25, 0.3) is 0 Å². The van der Waals surface area contributed by atoms with Crippen molar-refractivity contribution in [2.75, 3.05) is 13.2 Å². The molecule has 0 spiro atoms. The highest BCUT2D eigenvalue weighted by atomic mass is 16.5. The van der Waals surface area contributed by atoms with Crippen molar-refractivity contribution < 1.29 is 9.53 Å². The van der Waals surface area contributed by atoms with Crippen LogP contribution in [0.2, 0.25) is 0 Å². The molecule has 0 saturated carbocycles. The molecule has 0 aromatic rings. The summed E-state index contributed by atoms with van der Waals surface area (Å²) in [6.07, 6.45) is 16.6. The number of carbonyl (C=O) groups is 1. The fourth-order valence-corrected chi connectivity index (χ4v) is 2.25. The molecule has 3 heteroatoms. The quantitative estimate of drug-likeness (QED) is 0.276. The van der Waals surface area contributed by atoms with Gasteiger partial charge in [0.2, 0.25) is 0 Å². The number of esters is 1. The van der Waals surface area contributed by atoms with Gasteiger partial charge in [0.1, 0.15) is 0 Å². The third-order valence-electron chi connectivity index (χ3n) is 3.51. The predicted molar refractivity (Wildman–Crippen MR) is 85.6 cm³/mol. The van der Waals surface area contributed by atoms with Crippen LogP contribution in [0.1, 0.15) is 77.0 Å². The van der Waals surface area contributed by atoms with E-state index in [1.165, 1.54) is 70.3 Å². The number of ether oxygens (including phenoxy) is 1. The van der Waals surface area contributed by atoms with E-state index < -0.39 is 0 Å². The summed E-state index contributed by atoms with van der Waals surface area (Å²) in [6, 6.07) is 0. The molecule has 0 aromatic heterocycles. The lowest BCUT2D eigenvalue weighted by Gasteiger charge is -2.03. The minimum atomic E-state index is -0.309. The first-order valence-electron chi connectivity index (χ1n) is 8.30. The molecule has 0 fully saturated rings. The highest BCUT2D eigenvalue weighted by Crippen LogP contribution is 2.11. The Morgan fingerprint density at radius 2 is 1.20 bits per heavy atom. The van der Waals surface area contributed by atoms with E-state index in [9.17, 15) is 4.79 Å². The van der Waals surface area contributed by atoms with Crippen molar-refractivity contribution in [2.24, 2.45) is 5.73 Å². The molecule has 0 aromatic carbocycles. The Hall–Kier alpha value is -0.830. The van der Waals surface area contributed by atoms with Crippen LogP contribution < -0.4 is 5.73 Å². The van der Waals surface area contributed by atoms with E-state index in [0.717, 1.165) is 19.4 Å². The highest BCUT2D eigenvalue weighted by molar-refractivity contribution is 5.81. The first-order valence-corrected chi connectivity index (χ1v) is 8.30. The first-order chi connectivity index (χ1) is 9.81. The average Bonchev–Trinajstić information content (AvgIpc) is 2.47. The van der Waals surface area contributed by atoms with Gasteiger partial charge in [0, 0.05) is 6.08 Å². The van der Waals surface area contributed by atoms with Crippen molar-refractivity contribution in [3.63, 3.8) is 0 Å². The molecule has 0 aliphatic carbocycles. The average molecular weight is 283 g/mol. The standard InChI is InChI=1S/C17H33NO2/c1-2-17(19)20-16-14-12-10-8-6-4-3-5-7-9-11-13-15-18/h2H,1,3-16,18H2. The van der Waals surface area contributed by atoms with Crippen molar-refractivity contribution in [3.8, 4) is 0 Å². The summed E-state index contributed by atoms with van der Waals surface area (Å²) < 4.78 is 4.93. The van der Waals surface area contributed by atoms with Gasteiger partial charge in [-0.25, -0.2) is 4.79 Å². The second kappa shape index (κ2) is 16.2. The smallest absolute Gasteiger partial charge is 0.330 e. The third kappa shape index (κ3) is 15.2. The second-order valence-electron chi connectivity index (χ2n) is 5.40. The Bertz CT molecular complexity index is 229. The molecule has 0 amide bonds. The van der Waals surface area contributed by atoms with Gasteiger partial charge in [0.05, 0.1) is 6.61 Å². The third-order valence-corrected chi connectivity index (χ3v) is 3.51. The number of carbonyl (C=O) groups excluding carboxylic acids is 1. The molecule has 2 N–H and O–H groups in total. The molecule has 0 aliphatic heterocycles. The zero-order valence-corrected chi connectivity index (χ0v) is 13.1. The van der Waals surface area contributed by atoms with Gasteiger partial charge < -0.3 is 10.5 Å². The van der Waals surface area contributed by atoms with Crippen LogP contribution in [0.25, 0.3) is 0 Å². The summed E-state index contributed by atoms with van der Waals surface area (Å²) in [5, 5.41) is 0. The molecular formula is C17H33NO2. The van der Waals surface area contributed by atoms with E-state index >= 15 is 0 Å². The molecule has 0 saturated heterocycles. The summed E-state index contributed by atoms with van der Waals surface area (Å²) in [6.45, 7) is 4.74. The number of unbranched alkanes of at least 4 members (excludes halogenated alkanes) is 11. The van der Waals surface area contributed by atoms with E-state index in [0.29, 0.717) is 6.61 Å². The molecule has 0 radical (unpaired) electrons. The van der Waals surface area contributed by atoms with Gasteiger partial charge >= 0.3 is 5.97 Å². The molecule has 20 heavy (non-hydrogen) atoms. The highest BCUT2D eigenvalue weighted by Gasteiger charge is 1.96. The van der Waals surface area contributed by atoms with Crippen molar-refractivity contribution in [1.82, 2.24) is 0 Å². The lowest BCUT2D eigenvalue weighted by molar-refractivity contribution is -0.137. The van der Waals surface area contributed by atoms with E-state index in [2.05, 4.69) is 6.58 Å². The predicted octanol–water partition coefficient (Wildman–Crippen LogP) is 4.36. The molecular weight excluding hydrogens is 250 g/mol. The number of nitrogens with two attached hydrogens (primary N) is 1. The molecule has 118 valence electrons. The Morgan fingerprint density at radius 1 is 0.800 bits per heavy atom. The van der Waals surface area contributed by atoms with Crippen LogP contribution in [-0.2, 0) is 9.53 Å². The lowest BCUT2D eigenvalue weighted by atomic mass is 10.1.